The molecule has 0 unspecified atom stereocenters. The van der Waals surface area contributed by atoms with E-state index >= 15 is 0 Å². The van der Waals surface area contributed by atoms with Gasteiger partial charge in [0.05, 0.1) is 29.8 Å². The summed E-state index contributed by atoms with van der Waals surface area (Å²) in [5.41, 5.74) is 4.89. The largest absolute Gasteiger partial charge is 0.490 e. The van der Waals surface area contributed by atoms with Gasteiger partial charge in [-0.25, -0.2) is 14.6 Å². The number of carboxylic acid groups (broad SMARTS) is 2. The zero-order chi connectivity index (χ0) is 39.1. The first-order chi connectivity index (χ1) is 24.8. The van der Waals surface area contributed by atoms with E-state index in [1.54, 1.807) is 35.2 Å². The average Bonchev–Trinajstić information content (AvgIpc) is 3.49. The minimum atomic E-state index is -5.08. The number of carbonyl (C=O) groups is 4. The quantitative estimate of drug-likeness (QED) is 0.170. The van der Waals surface area contributed by atoms with Gasteiger partial charge in [-0.15, -0.1) is 0 Å². The third-order valence-corrected chi connectivity index (χ3v) is 7.55. The van der Waals surface area contributed by atoms with Crippen molar-refractivity contribution in [1.82, 2.24) is 29.6 Å². The monoisotopic (exact) mass is 771 g/mol. The van der Waals surface area contributed by atoms with Gasteiger partial charge in [-0.3, -0.25) is 19.3 Å². The van der Waals surface area contributed by atoms with E-state index in [4.69, 9.17) is 31.4 Å². The van der Waals surface area contributed by atoms with E-state index in [9.17, 15) is 35.9 Å². The number of alkyl halides is 6. The van der Waals surface area contributed by atoms with Crippen LogP contribution in [-0.2, 0) is 34.3 Å². The van der Waals surface area contributed by atoms with Gasteiger partial charge >= 0.3 is 24.3 Å². The summed E-state index contributed by atoms with van der Waals surface area (Å²) < 4.78 is 65.1. The van der Waals surface area contributed by atoms with Gasteiger partial charge in [-0.2, -0.15) is 36.4 Å². The van der Waals surface area contributed by atoms with Crippen LogP contribution in [0.15, 0.2) is 55.2 Å². The number of hydrogen-bond donors (Lipinski definition) is 5. The van der Waals surface area contributed by atoms with Gasteiger partial charge in [0.15, 0.2) is 5.82 Å². The van der Waals surface area contributed by atoms with Crippen molar-refractivity contribution >= 4 is 64.2 Å². The van der Waals surface area contributed by atoms with Gasteiger partial charge in [-0.1, -0.05) is 11.6 Å². The molecule has 282 valence electrons. The summed E-state index contributed by atoms with van der Waals surface area (Å²) in [4.78, 5) is 58.2. The molecule has 3 aromatic heterocycles. The molecule has 0 saturated carbocycles. The number of nitrogens with zero attached hydrogens (tertiary/aromatic N) is 6. The van der Waals surface area contributed by atoms with Crippen molar-refractivity contribution in [3.63, 3.8) is 0 Å². The molecule has 2 aliphatic heterocycles. The first-order valence-electron chi connectivity index (χ1n) is 15.1. The Labute approximate surface area is 300 Å². The molecule has 2 aliphatic rings. The molecule has 2 amide bonds. The Bertz CT molecular complexity index is 1960. The molecule has 0 radical (unpaired) electrons. The average molecular weight is 772 g/mol. The minimum Gasteiger partial charge on any atom is -0.475 e. The predicted molar refractivity (Wildman–Crippen MR) is 175 cm³/mol. The molecule has 1 saturated heterocycles. The maximum atomic E-state index is 13.0. The van der Waals surface area contributed by atoms with E-state index < -0.39 is 24.3 Å². The van der Waals surface area contributed by atoms with Crippen LogP contribution in [0.2, 0.25) is 5.02 Å². The molecule has 0 aliphatic carbocycles. The van der Waals surface area contributed by atoms with Crippen LogP contribution in [0.5, 0.6) is 0 Å². The fourth-order valence-electron chi connectivity index (χ4n) is 4.80. The second-order valence-electron chi connectivity index (χ2n) is 11.4. The van der Waals surface area contributed by atoms with Crippen LogP contribution in [0.25, 0.3) is 0 Å². The van der Waals surface area contributed by atoms with E-state index in [1.165, 1.54) is 6.20 Å². The lowest BCUT2D eigenvalue weighted by Gasteiger charge is -2.38. The summed E-state index contributed by atoms with van der Waals surface area (Å²) in [5.74, 6) is -4.66. The zero-order valence-corrected chi connectivity index (χ0v) is 27.9. The molecule has 0 atom stereocenters. The zero-order valence-electron chi connectivity index (χ0n) is 27.2. The smallest absolute Gasteiger partial charge is 0.475 e. The number of aromatic nitrogens is 5. The van der Waals surface area contributed by atoms with Crippen LogP contribution in [0.4, 0.5) is 55.2 Å². The molecule has 1 fully saturated rings. The van der Waals surface area contributed by atoms with E-state index in [0.29, 0.717) is 48.3 Å². The summed E-state index contributed by atoms with van der Waals surface area (Å²) in [6.45, 7) is 1.10. The molecule has 53 heavy (non-hydrogen) atoms. The maximum Gasteiger partial charge on any atom is 0.490 e. The lowest BCUT2D eigenvalue weighted by molar-refractivity contribution is -0.193. The van der Waals surface area contributed by atoms with E-state index in [1.807, 2.05) is 30.5 Å². The first kappa shape index (κ1) is 39.8. The number of halogens is 7. The maximum absolute atomic E-state index is 13.0. The van der Waals surface area contributed by atoms with Crippen molar-refractivity contribution in [1.29, 1.82) is 0 Å². The lowest BCUT2D eigenvalue weighted by Crippen LogP contribution is -2.50. The number of hydrogen-bond acceptors (Lipinski definition) is 10. The fourth-order valence-corrected chi connectivity index (χ4v) is 4.93. The summed E-state index contributed by atoms with van der Waals surface area (Å²) in [5, 5.41) is 28.2. The number of anilines is 5. The van der Waals surface area contributed by atoms with Crippen molar-refractivity contribution in [2.75, 3.05) is 29.0 Å². The number of likely N-dealkylation sites (tertiary alicyclic amines) is 1. The third-order valence-electron chi connectivity index (χ3n) is 7.28. The molecule has 4 aromatic rings. The van der Waals surface area contributed by atoms with Crippen molar-refractivity contribution < 1.29 is 55.7 Å². The number of aryl methyl sites for hydroxylation is 3. The van der Waals surface area contributed by atoms with Crippen LogP contribution >= 0.6 is 11.6 Å². The second kappa shape index (κ2) is 16.6. The van der Waals surface area contributed by atoms with Crippen molar-refractivity contribution in [3.05, 3.63) is 77.0 Å². The third kappa shape index (κ3) is 11.5. The highest BCUT2D eigenvalue weighted by Gasteiger charge is 2.39. The number of aliphatic carboxylic acids is 2. The minimum absolute atomic E-state index is 0.0567. The predicted octanol–water partition coefficient (Wildman–Crippen LogP) is 5.21. The van der Waals surface area contributed by atoms with Crippen molar-refractivity contribution in [2.24, 2.45) is 13.0 Å². The number of carboxylic acids is 2. The summed E-state index contributed by atoms with van der Waals surface area (Å²) in [7, 11) is 1.78. The van der Waals surface area contributed by atoms with Crippen LogP contribution in [0.3, 0.4) is 0 Å². The number of rotatable bonds is 4. The van der Waals surface area contributed by atoms with Crippen molar-refractivity contribution in [3.8, 4) is 0 Å². The molecule has 6 rings (SSSR count). The van der Waals surface area contributed by atoms with Crippen LogP contribution in [0, 0.1) is 5.92 Å². The number of carbonyl (C=O) groups excluding carboxylic acids is 2. The standard InChI is InChI=1S/C27H26ClN9O2.2C2HF3O2/c1-36-15-19(10-31-36)26(39)37-13-17(14-37)7-24(38)34-23-5-4-20-8-18(23)3-2-16-6-21(11-29-9-16)33-27-30-12-22(28)25(32-20)35-27;2*3-2(4,5)1(6)7/h4-6,8-12,15,17H,2-3,7,13-14H2,1H3,(H,34,38)(H2,30,32,33,35);2*(H,6,7). The number of fused-ring (bicyclic) bond motifs is 6. The molecule has 5 N–H and O–H groups in total. The van der Waals surface area contributed by atoms with Gasteiger partial charge in [-0.05, 0) is 48.2 Å². The second-order valence-corrected chi connectivity index (χ2v) is 11.8. The number of benzene rings is 1. The summed E-state index contributed by atoms with van der Waals surface area (Å²) in [6, 6.07) is 7.77. The molecular formula is C31H28ClF6N9O6. The van der Waals surface area contributed by atoms with Gasteiger partial charge in [0.2, 0.25) is 11.9 Å². The van der Waals surface area contributed by atoms with Crippen molar-refractivity contribution in [2.45, 2.75) is 31.6 Å². The lowest BCUT2D eigenvalue weighted by atomic mass is 9.95. The highest BCUT2D eigenvalue weighted by atomic mass is 35.5. The highest BCUT2D eigenvalue weighted by Crippen LogP contribution is 2.30. The number of amides is 2. The molecule has 15 nitrogen and oxygen atoms in total. The number of nitrogens with one attached hydrogen (secondary N) is 3. The van der Waals surface area contributed by atoms with Gasteiger partial charge in [0.25, 0.3) is 5.91 Å². The van der Waals surface area contributed by atoms with Gasteiger partial charge in [0.1, 0.15) is 5.02 Å². The van der Waals surface area contributed by atoms with Gasteiger partial charge < -0.3 is 31.1 Å². The molecule has 6 bridgehead atoms. The molecular weight excluding hydrogens is 744 g/mol. The Morgan fingerprint density at radius 1 is 0.925 bits per heavy atom. The Kier molecular flexibility index (Phi) is 12.4. The summed E-state index contributed by atoms with van der Waals surface area (Å²) in [6.07, 6.45) is -0.0715. The SMILES string of the molecule is Cn1cc(C(=O)N2CC(CC(=O)Nc3ccc4cc3CCc3cncc(c3)Nc3ncc(Cl)c(n3)N4)C2)cn1.O=C(O)C(F)(F)F.O=C(O)C(F)(F)F. The summed E-state index contributed by atoms with van der Waals surface area (Å²) >= 11 is 6.35. The van der Waals surface area contributed by atoms with E-state index in [-0.39, 0.29) is 17.7 Å². The normalized spacial score (nSPS) is 13.7. The number of pyridine rings is 1. The fraction of sp³-hybridized carbons (Fsp3) is 0.290. The van der Waals surface area contributed by atoms with E-state index in [0.717, 1.165) is 34.6 Å². The Hall–Kier alpha value is -5.99. The molecule has 22 heteroatoms. The highest BCUT2D eigenvalue weighted by molar-refractivity contribution is 6.32. The molecule has 1 aromatic carbocycles. The van der Waals surface area contributed by atoms with Crippen LogP contribution in [-0.4, -0.2) is 89.0 Å². The van der Waals surface area contributed by atoms with Crippen LogP contribution < -0.4 is 16.0 Å². The molecule has 5 heterocycles. The Morgan fingerprint density at radius 2 is 1.58 bits per heavy atom. The topological polar surface area (TPSA) is 205 Å². The van der Waals surface area contributed by atoms with Crippen LogP contribution in [0.1, 0.15) is 27.9 Å². The van der Waals surface area contributed by atoms with E-state index in [2.05, 4.69) is 36.0 Å². The van der Waals surface area contributed by atoms with Gasteiger partial charge in [0, 0.05) is 56.2 Å². The molecule has 0 spiro atoms. The Morgan fingerprint density at radius 3 is 2.19 bits per heavy atom. The Balaban J connectivity index is 0.000000381. The first-order valence-corrected chi connectivity index (χ1v) is 15.5.